The van der Waals surface area contributed by atoms with E-state index >= 15 is 0 Å². The molecule has 9 nitrogen and oxygen atoms in total. The molecule has 1 saturated heterocycles. The molecule has 24 heavy (non-hydrogen) atoms. The summed E-state index contributed by atoms with van der Waals surface area (Å²) >= 11 is 0. The van der Waals surface area contributed by atoms with Crippen molar-refractivity contribution in [3.05, 3.63) is 24.7 Å². The van der Waals surface area contributed by atoms with Gasteiger partial charge in [0.05, 0.1) is 6.20 Å². The molecule has 1 aliphatic heterocycles. The summed E-state index contributed by atoms with van der Waals surface area (Å²) in [7, 11) is 4.07. The van der Waals surface area contributed by atoms with Gasteiger partial charge in [-0.1, -0.05) is 0 Å². The van der Waals surface area contributed by atoms with Gasteiger partial charge >= 0.3 is 0 Å². The van der Waals surface area contributed by atoms with E-state index in [0.29, 0.717) is 5.95 Å². The van der Waals surface area contributed by atoms with Crippen molar-refractivity contribution in [3.8, 4) is 0 Å². The zero-order valence-corrected chi connectivity index (χ0v) is 14.1. The number of aromatic nitrogens is 5. The molecule has 0 atom stereocenters. The Hall–Kier alpha value is -2.55. The van der Waals surface area contributed by atoms with Crippen LogP contribution in [0.4, 0.5) is 17.7 Å². The van der Waals surface area contributed by atoms with E-state index in [-0.39, 0.29) is 0 Å². The Morgan fingerprint density at radius 2 is 1.79 bits per heavy atom. The highest BCUT2D eigenvalue weighted by atomic mass is 15.4. The number of hydrogen-bond acceptors (Lipinski definition) is 9. The predicted molar refractivity (Wildman–Crippen MR) is 93.3 cm³/mol. The van der Waals surface area contributed by atoms with Crippen LogP contribution in [0, 0.1) is 0 Å². The lowest BCUT2D eigenvalue weighted by Crippen LogP contribution is -2.47. The maximum absolute atomic E-state index is 4.56. The Kier molecular flexibility index (Phi) is 5.32. The van der Waals surface area contributed by atoms with Gasteiger partial charge in [0.2, 0.25) is 11.9 Å². The van der Waals surface area contributed by atoms with E-state index in [1.807, 2.05) is 20.2 Å². The first kappa shape index (κ1) is 16.3. The van der Waals surface area contributed by atoms with Gasteiger partial charge in [-0.2, -0.15) is 10.1 Å². The highest BCUT2D eigenvalue weighted by Crippen LogP contribution is 2.15. The molecule has 3 heterocycles. The van der Waals surface area contributed by atoms with E-state index in [2.05, 4.69) is 45.2 Å². The van der Waals surface area contributed by atoms with Crippen LogP contribution < -0.4 is 15.1 Å². The van der Waals surface area contributed by atoms with Crippen molar-refractivity contribution in [3.63, 3.8) is 0 Å². The van der Waals surface area contributed by atoms with Crippen LogP contribution in [-0.4, -0.2) is 83.4 Å². The fourth-order valence-corrected chi connectivity index (χ4v) is 2.50. The molecule has 1 fully saturated rings. The van der Waals surface area contributed by atoms with E-state index in [4.69, 9.17) is 0 Å². The minimum absolute atomic E-state index is 0.572. The fraction of sp³-hybridized carbons (Fsp3) is 0.533. The largest absolute Gasteiger partial charge is 0.352 e. The van der Waals surface area contributed by atoms with Gasteiger partial charge in [-0.25, -0.2) is 9.97 Å². The van der Waals surface area contributed by atoms with E-state index in [9.17, 15) is 0 Å². The lowest BCUT2D eigenvalue weighted by atomic mass is 10.3. The van der Waals surface area contributed by atoms with E-state index in [1.54, 1.807) is 18.6 Å². The van der Waals surface area contributed by atoms with Gasteiger partial charge in [0.15, 0.2) is 5.82 Å². The van der Waals surface area contributed by atoms with Gasteiger partial charge in [0.25, 0.3) is 0 Å². The monoisotopic (exact) mass is 329 g/mol. The van der Waals surface area contributed by atoms with Gasteiger partial charge in [-0.15, -0.1) is 5.10 Å². The summed E-state index contributed by atoms with van der Waals surface area (Å²) in [6.45, 7) is 5.14. The number of likely N-dealkylation sites (N-methyl/N-ethyl adjacent to an activating group) is 1. The van der Waals surface area contributed by atoms with Crippen molar-refractivity contribution in [1.29, 1.82) is 0 Å². The SMILES string of the molecule is CN(C)CCNc1nncc(N2CCN(c3ncccn3)CC2)n1. The van der Waals surface area contributed by atoms with Crippen LogP contribution in [0.25, 0.3) is 0 Å². The maximum Gasteiger partial charge on any atom is 0.244 e. The third-order valence-corrected chi connectivity index (χ3v) is 3.83. The maximum atomic E-state index is 4.56. The normalized spacial score (nSPS) is 15.0. The van der Waals surface area contributed by atoms with Gasteiger partial charge in [0.1, 0.15) is 0 Å². The van der Waals surface area contributed by atoms with Crippen molar-refractivity contribution < 1.29 is 0 Å². The molecule has 0 aromatic carbocycles. The van der Waals surface area contributed by atoms with E-state index in [0.717, 1.165) is 51.0 Å². The molecular weight excluding hydrogens is 306 g/mol. The van der Waals surface area contributed by atoms with Crippen molar-refractivity contribution in [1.82, 2.24) is 30.0 Å². The molecule has 2 aromatic rings. The number of anilines is 3. The third-order valence-electron chi connectivity index (χ3n) is 3.83. The zero-order valence-electron chi connectivity index (χ0n) is 14.1. The minimum atomic E-state index is 0.572. The molecule has 0 bridgehead atoms. The van der Waals surface area contributed by atoms with Crippen LogP contribution in [0.3, 0.4) is 0 Å². The molecule has 3 rings (SSSR count). The molecule has 0 radical (unpaired) electrons. The summed E-state index contributed by atoms with van der Waals surface area (Å²) in [4.78, 5) is 19.7. The van der Waals surface area contributed by atoms with Gasteiger partial charge in [0, 0.05) is 51.7 Å². The summed E-state index contributed by atoms with van der Waals surface area (Å²) < 4.78 is 0. The van der Waals surface area contributed by atoms with Crippen molar-refractivity contribution in [2.45, 2.75) is 0 Å². The van der Waals surface area contributed by atoms with Crippen LogP contribution in [-0.2, 0) is 0 Å². The van der Waals surface area contributed by atoms with Gasteiger partial charge in [-0.05, 0) is 20.2 Å². The molecule has 0 aliphatic carbocycles. The molecular formula is C15H23N9. The van der Waals surface area contributed by atoms with Crippen LogP contribution in [0.5, 0.6) is 0 Å². The quantitative estimate of drug-likeness (QED) is 0.784. The lowest BCUT2D eigenvalue weighted by Gasteiger charge is -2.35. The Morgan fingerprint density at radius 3 is 2.50 bits per heavy atom. The Bertz CT molecular complexity index is 626. The Labute approximate surface area is 141 Å². The van der Waals surface area contributed by atoms with Crippen molar-refractivity contribution in [2.75, 3.05) is 68.5 Å². The molecule has 0 spiro atoms. The fourth-order valence-electron chi connectivity index (χ4n) is 2.50. The van der Waals surface area contributed by atoms with E-state index in [1.165, 1.54) is 0 Å². The van der Waals surface area contributed by atoms with Gasteiger partial charge in [-0.3, -0.25) is 0 Å². The smallest absolute Gasteiger partial charge is 0.244 e. The highest BCUT2D eigenvalue weighted by Gasteiger charge is 2.20. The minimum Gasteiger partial charge on any atom is -0.352 e. The van der Waals surface area contributed by atoms with Gasteiger partial charge < -0.3 is 20.0 Å². The first-order valence-electron chi connectivity index (χ1n) is 8.07. The topological polar surface area (TPSA) is 86.2 Å². The summed E-state index contributed by atoms with van der Waals surface area (Å²) in [6, 6.07) is 1.83. The summed E-state index contributed by atoms with van der Waals surface area (Å²) in [5, 5.41) is 11.3. The molecule has 9 heteroatoms. The summed E-state index contributed by atoms with van der Waals surface area (Å²) in [5.74, 6) is 2.21. The van der Waals surface area contributed by atoms with Crippen LogP contribution in [0.15, 0.2) is 24.7 Å². The first-order chi connectivity index (χ1) is 11.7. The number of nitrogens with zero attached hydrogens (tertiary/aromatic N) is 8. The second-order valence-corrected chi connectivity index (χ2v) is 5.89. The molecule has 0 unspecified atom stereocenters. The highest BCUT2D eigenvalue weighted by molar-refractivity contribution is 5.43. The molecule has 1 aliphatic rings. The average molecular weight is 329 g/mol. The summed E-state index contributed by atoms with van der Waals surface area (Å²) in [6.07, 6.45) is 5.26. The number of rotatable bonds is 6. The molecule has 1 N–H and O–H groups in total. The second-order valence-electron chi connectivity index (χ2n) is 5.89. The molecule has 0 amide bonds. The van der Waals surface area contributed by atoms with E-state index < -0.39 is 0 Å². The predicted octanol–water partition coefficient (Wildman–Crippen LogP) is -0.0383. The zero-order chi connectivity index (χ0) is 16.8. The Morgan fingerprint density at radius 1 is 1.08 bits per heavy atom. The number of piperazine rings is 1. The van der Waals surface area contributed by atoms with Crippen LogP contribution in [0.1, 0.15) is 0 Å². The first-order valence-corrected chi connectivity index (χ1v) is 8.07. The third kappa shape index (κ3) is 4.25. The van der Waals surface area contributed by atoms with Crippen molar-refractivity contribution in [2.24, 2.45) is 0 Å². The molecule has 0 saturated carbocycles. The standard InChI is InChI=1S/C15H23N9/c1-22(2)7-6-16-14-20-13(12-19-21-14)23-8-10-24(11-9-23)15-17-4-3-5-18-15/h3-5,12H,6-11H2,1-2H3,(H,16,20,21). The number of nitrogens with one attached hydrogen (secondary N) is 1. The molecule has 2 aromatic heterocycles. The Balaban J connectivity index is 1.56. The van der Waals surface area contributed by atoms with Crippen LogP contribution >= 0.6 is 0 Å². The molecule has 128 valence electrons. The summed E-state index contributed by atoms with van der Waals surface area (Å²) in [5.41, 5.74) is 0. The lowest BCUT2D eigenvalue weighted by molar-refractivity contribution is 0.425. The van der Waals surface area contributed by atoms with Crippen LogP contribution in [0.2, 0.25) is 0 Å². The second kappa shape index (κ2) is 7.82. The number of hydrogen-bond donors (Lipinski definition) is 1. The average Bonchev–Trinajstić information content (AvgIpc) is 2.63. The van der Waals surface area contributed by atoms with Crippen molar-refractivity contribution >= 4 is 17.7 Å².